The van der Waals surface area contributed by atoms with Crippen LogP contribution in [-0.4, -0.2) is 11.7 Å². The zero-order valence-electron chi connectivity index (χ0n) is 10.9. The number of Topliss-reactive ketones (excluding diaryl/α,β-unsaturated/α-hetero) is 1. The maximum atomic E-state index is 12.2. The van der Waals surface area contributed by atoms with Crippen molar-refractivity contribution in [3.63, 3.8) is 0 Å². The fourth-order valence-electron chi connectivity index (χ4n) is 1.91. The maximum Gasteiger partial charge on any atom is 0.256 e. The van der Waals surface area contributed by atoms with Crippen molar-refractivity contribution < 1.29 is 9.59 Å². The summed E-state index contributed by atoms with van der Waals surface area (Å²) in [4.78, 5) is 23.7. The second kappa shape index (κ2) is 5.48. The van der Waals surface area contributed by atoms with Gasteiger partial charge >= 0.3 is 0 Å². The van der Waals surface area contributed by atoms with Gasteiger partial charge in [-0.3, -0.25) is 9.59 Å². The quantitative estimate of drug-likeness (QED) is 0.851. The predicted molar refractivity (Wildman–Crippen MR) is 75.6 cm³/mol. The number of nitrogens with one attached hydrogen (secondary N) is 1. The third-order valence-corrected chi connectivity index (χ3v) is 2.83. The van der Waals surface area contributed by atoms with Crippen molar-refractivity contribution in [2.24, 2.45) is 0 Å². The summed E-state index contributed by atoms with van der Waals surface area (Å²) in [6.45, 7) is 3.41. The topological polar surface area (TPSA) is 46.2 Å². The second-order valence-electron chi connectivity index (χ2n) is 4.43. The highest BCUT2D eigenvalue weighted by molar-refractivity contribution is 6.12. The minimum atomic E-state index is -0.267. The third kappa shape index (κ3) is 3.07. The molecule has 0 aliphatic rings. The van der Waals surface area contributed by atoms with Crippen LogP contribution >= 0.6 is 0 Å². The van der Waals surface area contributed by atoms with Gasteiger partial charge in [-0.15, -0.1) is 0 Å². The monoisotopic (exact) mass is 253 g/mol. The SMILES string of the molecule is CC(=O)c1ccccc1C(=O)Nc1cccc(C)c1. The van der Waals surface area contributed by atoms with E-state index in [1.165, 1.54) is 6.92 Å². The first-order valence-corrected chi connectivity index (χ1v) is 6.06. The van der Waals surface area contributed by atoms with Crippen molar-refractivity contribution in [1.29, 1.82) is 0 Å². The lowest BCUT2D eigenvalue weighted by molar-refractivity contribution is 0.0985. The predicted octanol–water partition coefficient (Wildman–Crippen LogP) is 3.45. The van der Waals surface area contributed by atoms with E-state index in [1.54, 1.807) is 24.3 Å². The van der Waals surface area contributed by atoms with Crippen LogP contribution in [0.3, 0.4) is 0 Å². The molecule has 0 aromatic heterocycles. The maximum absolute atomic E-state index is 12.2. The molecule has 0 saturated carbocycles. The van der Waals surface area contributed by atoms with Crippen LogP contribution in [0.1, 0.15) is 33.2 Å². The second-order valence-corrected chi connectivity index (χ2v) is 4.43. The van der Waals surface area contributed by atoms with Crippen molar-refractivity contribution in [2.75, 3.05) is 5.32 Å². The Morgan fingerprint density at radius 2 is 1.63 bits per heavy atom. The summed E-state index contributed by atoms with van der Waals surface area (Å²) in [6.07, 6.45) is 0. The summed E-state index contributed by atoms with van der Waals surface area (Å²) in [7, 11) is 0. The van der Waals surface area contributed by atoms with Gasteiger partial charge in [-0.25, -0.2) is 0 Å². The summed E-state index contributed by atoms with van der Waals surface area (Å²) in [6, 6.07) is 14.4. The Hall–Kier alpha value is -2.42. The van der Waals surface area contributed by atoms with Crippen molar-refractivity contribution in [3.05, 3.63) is 65.2 Å². The van der Waals surface area contributed by atoms with E-state index in [2.05, 4.69) is 5.32 Å². The molecule has 2 aromatic rings. The summed E-state index contributed by atoms with van der Waals surface area (Å²) in [5.74, 6) is -0.383. The lowest BCUT2D eigenvalue weighted by atomic mass is 10.0. The first kappa shape index (κ1) is 13.0. The normalized spacial score (nSPS) is 10.0. The summed E-state index contributed by atoms with van der Waals surface area (Å²) in [5.41, 5.74) is 2.63. The highest BCUT2D eigenvalue weighted by Gasteiger charge is 2.13. The molecule has 0 fully saturated rings. The van der Waals surface area contributed by atoms with E-state index in [0.29, 0.717) is 11.1 Å². The summed E-state index contributed by atoms with van der Waals surface area (Å²) >= 11 is 0. The standard InChI is InChI=1S/C16H15NO2/c1-11-6-5-7-13(10-11)17-16(19)15-9-4-3-8-14(15)12(2)18/h3-10H,1-2H3,(H,17,19). The van der Waals surface area contributed by atoms with Crippen molar-refractivity contribution in [1.82, 2.24) is 0 Å². The molecule has 0 atom stereocenters. The van der Waals surface area contributed by atoms with Gasteiger partial charge in [0.25, 0.3) is 5.91 Å². The Balaban J connectivity index is 2.28. The van der Waals surface area contributed by atoms with Gasteiger partial charge in [-0.1, -0.05) is 30.3 Å². The van der Waals surface area contributed by atoms with Crippen LogP contribution in [-0.2, 0) is 0 Å². The fourth-order valence-corrected chi connectivity index (χ4v) is 1.91. The molecule has 0 spiro atoms. The molecule has 2 aromatic carbocycles. The molecule has 0 bridgehead atoms. The van der Waals surface area contributed by atoms with E-state index in [4.69, 9.17) is 0 Å². The number of carbonyl (C=O) groups excluding carboxylic acids is 2. The molecule has 1 N–H and O–H groups in total. The molecule has 1 amide bonds. The van der Waals surface area contributed by atoms with E-state index >= 15 is 0 Å². The van der Waals surface area contributed by atoms with Crippen LogP contribution in [0.15, 0.2) is 48.5 Å². The number of hydrogen-bond donors (Lipinski definition) is 1. The molecule has 0 aliphatic heterocycles. The molecule has 96 valence electrons. The Morgan fingerprint density at radius 3 is 2.26 bits per heavy atom. The Labute approximate surface area is 112 Å². The average molecular weight is 253 g/mol. The smallest absolute Gasteiger partial charge is 0.256 e. The molecule has 3 nitrogen and oxygen atoms in total. The van der Waals surface area contributed by atoms with E-state index in [9.17, 15) is 9.59 Å². The Morgan fingerprint density at radius 1 is 0.947 bits per heavy atom. The lowest BCUT2D eigenvalue weighted by Crippen LogP contribution is -2.15. The van der Waals surface area contributed by atoms with Gasteiger partial charge in [-0.05, 0) is 37.6 Å². The number of benzene rings is 2. The number of amides is 1. The van der Waals surface area contributed by atoms with Gasteiger partial charge in [0.15, 0.2) is 5.78 Å². The molecule has 2 rings (SSSR count). The number of rotatable bonds is 3. The van der Waals surface area contributed by atoms with E-state index < -0.39 is 0 Å². The van der Waals surface area contributed by atoms with Gasteiger partial charge in [0, 0.05) is 11.3 Å². The van der Waals surface area contributed by atoms with Gasteiger partial charge in [0.2, 0.25) is 0 Å². The number of aryl methyl sites for hydroxylation is 1. The van der Waals surface area contributed by atoms with Crippen LogP contribution in [0.4, 0.5) is 5.69 Å². The molecule has 3 heteroatoms. The van der Waals surface area contributed by atoms with Gasteiger partial charge in [0.05, 0.1) is 5.56 Å². The van der Waals surface area contributed by atoms with Crippen LogP contribution in [0, 0.1) is 6.92 Å². The molecule has 0 saturated heterocycles. The molecule has 19 heavy (non-hydrogen) atoms. The largest absolute Gasteiger partial charge is 0.322 e. The van der Waals surface area contributed by atoms with Crippen LogP contribution in [0.5, 0.6) is 0 Å². The fraction of sp³-hybridized carbons (Fsp3) is 0.125. The highest BCUT2D eigenvalue weighted by Crippen LogP contribution is 2.14. The van der Waals surface area contributed by atoms with Crippen LogP contribution < -0.4 is 5.32 Å². The number of ketones is 1. The molecule has 0 radical (unpaired) electrons. The summed E-state index contributed by atoms with van der Waals surface area (Å²) < 4.78 is 0. The zero-order valence-corrected chi connectivity index (χ0v) is 10.9. The van der Waals surface area contributed by atoms with Crippen molar-refractivity contribution in [2.45, 2.75) is 13.8 Å². The number of hydrogen-bond acceptors (Lipinski definition) is 2. The average Bonchev–Trinajstić information content (AvgIpc) is 2.38. The molecule has 0 aliphatic carbocycles. The van der Waals surface area contributed by atoms with E-state index in [1.807, 2.05) is 31.2 Å². The number of anilines is 1. The molecule has 0 heterocycles. The van der Waals surface area contributed by atoms with Crippen LogP contribution in [0.25, 0.3) is 0 Å². The Kier molecular flexibility index (Phi) is 3.76. The molecular weight excluding hydrogens is 238 g/mol. The van der Waals surface area contributed by atoms with Gasteiger partial charge < -0.3 is 5.32 Å². The highest BCUT2D eigenvalue weighted by atomic mass is 16.2. The van der Waals surface area contributed by atoms with Crippen molar-refractivity contribution >= 4 is 17.4 Å². The van der Waals surface area contributed by atoms with E-state index in [-0.39, 0.29) is 11.7 Å². The van der Waals surface area contributed by atoms with Gasteiger partial charge in [0.1, 0.15) is 0 Å². The van der Waals surface area contributed by atoms with Crippen LogP contribution in [0.2, 0.25) is 0 Å². The van der Waals surface area contributed by atoms with Gasteiger partial charge in [-0.2, -0.15) is 0 Å². The zero-order chi connectivity index (χ0) is 13.8. The lowest BCUT2D eigenvalue weighted by Gasteiger charge is -2.08. The molecule has 0 unspecified atom stereocenters. The number of carbonyl (C=O) groups is 2. The molecular formula is C16H15NO2. The first-order valence-electron chi connectivity index (χ1n) is 6.06. The van der Waals surface area contributed by atoms with E-state index in [0.717, 1.165) is 11.3 Å². The third-order valence-electron chi connectivity index (χ3n) is 2.83. The Bertz CT molecular complexity index is 632. The summed E-state index contributed by atoms with van der Waals surface area (Å²) in [5, 5.41) is 2.80. The minimum absolute atomic E-state index is 0.116. The minimum Gasteiger partial charge on any atom is -0.322 e. The first-order chi connectivity index (χ1) is 9.08. The van der Waals surface area contributed by atoms with Crippen molar-refractivity contribution in [3.8, 4) is 0 Å².